The van der Waals surface area contributed by atoms with Gasteiger partial charge in [0.05, 0.1) is 0 Å². The van der Waals surface area contributed by atoms with E-state index in [0.717, 1.165) is 17.9 Å². The molecule has 0 aromatic rings. The summed E-state index contributed by atoms with van der Waals surface area (Å²) >= 11 is 1.73. The second-order valence-electron chi connectivity index (χ2n) is 3.84. The predicted molar refractivity (Wildman–Crippen MR) is 55.2 cm³/mol. The molecule has 0 aliphatic carbocycles. The molecule has 1 rings (SSSR count). The number of thioether (sulfide) groups is 1. The molecule has 1 N–H and O–H groups in total. The molecule has 0 bridgehead atoms. The molecular formula is C9H17NO2S. The highest BCUT2D eigenvalue weighted by atomic mass is 32.2. The predicted octanol–water partition coefficient (Wildman–Crippen LogP) is 1.29. The zero-order valence-corrected chi connectivity index (χ0v) is 9.23. The highest BCUT2D eigenvalue weighted by molar-refractivity contribution is 7.99. The van der Waals surface area contributed by atoms with Crippen molar-refractivity contribution in [3.05, 3.63) is 0 Å². The lowest BCUT2D eigenvalue weighted by molar-refractivity contribution is -0.150. The lowest BCUT2D eigenvalue weighted by atomic mass is 9.96. The van der Waals surface area contributed by atoms with Gasteiger partial charge in [-0.3, -0.25) is 9.69 Å². The van der Waals surface area contributed by atoms with E-state index in [9.17, 15) is 9.90 Å². The summed E-state index contributed by atoms with van der Waals surface area (Å²) in [5, 5.41) is 9.23. The van der Waals surface area contributed by atoms with E-state index in [-0.39, 0.29) is 6.04 Å². The summed E-state index contributed by atoms with van der Waals surface area (Å²) in [5.74, 6) is 1.01. The van der Waals surface area contributed by atoms with Gasteiger partial charge in [0.2, 0.25) is 0 Å². The SMILES string of the molecule is CC(C)N(C)C1(C(=O)O)CCSC1. The molecule has 0 radical (unpaired) electrons. The Hall–Kier alpha value is -0.220. The summed E-state index contributed by atoms with van der Waals surface area (Å²) in [6.45, 7) is 4.07. The van der Waals surface area contributed by atoms with Gasteiger partial charge in [0.25, 0.3) is 0 Å². The summed E-state index contributed by atoms with van der Waals surface area (Å²) in [6, 6.07) is 0.287. The van der Waals surface area contributed by atoms with E-state index in [4.69, 9.17) is 0 Å². The number of carbonyl (C=O) groups is 1. The summed E-state index contributed by atoms with van der Waals surface area (Å²) < 4.78 is 0. The van der Waals surface area contributed by atoms with Gasteiger partial charge in [0, 0.05) is 11.8 Å². The van der Waals surface area contributed by atoms with Crippen LogP contribution in [0.4, 0.5) is 0 Å². The average molecular weight is 203 g/mol. The Labute approximate surface area is 83.5 Å². The van der Waals surface area contributed by atoms with Crippen molar-refractivity contribution in [2.75, 3.05) is 18.6 Å². The van der Waals surface area contributed by atoms with Crippen LogP contribution in [0.2, 0.25) is 0 Å². The van der Waals surface area contributed by atoms with Crippen LogP contribution < -0.4 is 0 Å². The molecule has 0 amide bonds. The minimum Gasteiger partial charge on any atom is -0.480 e. The zero-order valence-electron chi connectivity index (χ0n) is 8.41. The van der Waals surface area contributed by atoms with Gasteiger partial charge < -0.3 is 5.11 Å². The molecule has 1 fully saturated rings. The van der Waals surface area contributed by atoms with Gasteiger partial charge in [-0.2, -0.15) is 11.8 Å². The Morgan fingerprint density at radius 2 is 2.23 bits per heavy atom. The van der Waals surface area contributed by atoms with Crippen LogP contribution in [-0.4, -0.2) is 46.1 Å². The van der Waals surface area contributed by atoms with Crippen LogP contribution in [0.15, 0.2) is 0 Å². The van der Waals surface area contributed by atoms with Crippen LogP contribution in [0.5, 0.6) is 0 Å². The van der Waals surface area contributed by atoms with E-state index in [1.165, 1.54) is 0 Å². The average Bonchev–Trinajstić information content (AvgIpc) is 2.51. The topological polar surface area (TPSA) is 40.5 Å². The highest BCUT2D eigenvalue weighted by Crippen LogP contribution is 2.33. The Morgan fingerprint density at radius 3 is 2.54 bits per heavy atom. The lowest BCUT2D eigenvalue weighted by Gasteiger charge is -2.37. The van der Waals surface area contributed by atoms with E-state index in [0.29, 0.717) is 0 Å². The number of carboxylic acid groups (broad SMARTS) is 1. The molecule has 1 heterocycles. The van der Waals surface area contributed by atoms with Crippen molar-refractivity contribution in [2.45, 2.75) is 31.8 Å². The molecular weight excluding hydrogens is 186 g/mol. The number of nitrogens with zero attached hydrogens (tertiary/aromatic N) is 1. The van der Waals surface area contributed by atoms with Gasteiger partial charge in [0.15, 0.2) is 0 Å². The van der Waals surface area contributed by atoms with Crippen LogP contribution in [0.25, 0.3) is 0 Å². The number of likely N-dealkylation sites (N-methyl/N-ethyl adjacent to an activating group) is 1. The van der Waals surface area contributed by atoms with Crippen LogP contribution in [0.1, 0.15) is 20.3 Å². The molecule has 0 aromatic heterocycles. The number of aliphatic carboxylic acids is 1. The molecule has 0 aromatic carbocycles. The van der Waals surface area contributed by atoms with Gasteiger partial charge in [-0.05, 0) is 33.1 Å². The highest BCUT2D eigenvalue weighted by Gasteiger charge is 2.46. The first kappa shape index (κ1) is 10.9. The fraction of sp³-hybridized carbons (Fsp3) is 0.889. The zero-order chi connectivity index (χ0) is 10.1. The van der Waals surface area contributed by atoms with Gasteiger partial charge in [-0.15, -0.1) is 0 Å². The maximum absolute atomic E-state index is 11.2. The molecule has 0 spiro atoms. The van der Waals surface area contributed by atoms with Crippen molar-refractivity contribution >= 4 is 17.7 Å². The number of hydrogen-bond acceptors (Lipinski definition) is 3. The molecule has 1 unspecified atom stereocenters. The number of carboxylic acids is 1. The minimum atomic E-state index is -0.672. The van der Waals surface area contributed by atoms with E-state index in [1.54, 1.807) is 11.8 Å². The van der Waals surface area contributed by atoms with E-state index >= 15 is 0 Å². The first-order valence-corrected chi connectivity index (χ1v) is 5.70. The summed E-state index contributed by atoms with van der Waals surface area (Å²) in [5.41, 5.74) is -0.612. The maximum atomic E-state index is 11.2. The molecule has 3 nitrogen and oxygen atoms in total. The standard InChI is InChI=1S/C9H17NO2S/c1-7(2)10(3)9(8(11)12)4-5-13-6-9/h7H,4-6H2,1-3H3,(H,11,12). The van der Waals surface area contributed by atoms with Crippen molar-refractivity contribution in [2.24, 2.45) is 0 Å². The van der Waals surface area contributed by atoms with Gasteiger partial charge in [0.1, 0.15) is 5.54 Å². The minimum absolute atomic E-state index is 0.287. The molecule has 4 heteroatoms. The van der Waals surface area contributed by atoms with Crippen molar-refractivity contribution < 1.29 is 9.90 Å². The van der Waals surface area contributed by atoms with Gasteiger partial charge in [-0.1, -0.05) is 0 Å². The summed E-state index contributed by atoms with van der Waals surface area (Å²) in [6.07, 6.45) is 0.766. The Bertz CT molecular complexity index is 200. The van der Waals surface area contributed by atoms with E-state index in [1.807, 2.05) is 25.8 Å². The Kier molecular flexibility index (Phi) is 3.24. The van der Waals surface area contributed by atoms with Crippen LogP contribution >= 0.6 is 11.8 Å². The first-order valence-electron chi connectivity index (χ1n) is 4.55. The van der Waals surface area contributed by atoms with Crippen LogP contribution in [0, 0.1) is 0 Å². The van der Waals surface area contributed by atoms with E-state index < -0.39 is 11.5 Å². The second kappa shape index (κ2) is 3.88. The lowest BCUT2D eigenvalue weighted by Crippen LogP contribution is -2.55. The normalized spacial score (nSPS) is 28.7. The summed E-state index contributed by atoms with van der Waals surface area (Å²) in [4.78, 5) is 13.2. The molecule has 1 aliphatic heterocycles. The smallest absolute Gasteiger partial charge is 0.325 e. The fourth-order valence-corrected chi connectivity index (χ4v) is 3.08. The van der Waals surface area contributed by atoms with Crippen molar-refractivity contribution in [1.82, 2.24) is 4.90 Å². The molecule has 76 valence electrons. The van der Waals surface area contributed by atoms with Gasteiger partial charge in [-0.25, -0.2) is 0 Å². The second-order valence-corrected chi connectivity index (χ2v) is 4.95. The van der Waals surface area contributed by atoms with Crippen LogP contribution in [0.3, 0.4) is 0 Å². The number of rotatable bonds is 3. The third-order valence-electron chi connectivity index (χ3n) is 2.85. The third-order valence-corrected chi connectivity index (χ3v) is 4.02. The van der Waals surface area contributed by atoms with E-state index in [2.05, 4.69) is 0 Å². The first-order chi connectivity index (χ1) is 6.00. The summed E-state index contributed by atoms with van der Waals surface area (Å²) in [7, 11) is 1.91. The van der Waals surface area contributed by atoms with Crippen molar-refractivity contribution in [1.29, 1.82) is 0 Å². The molecule has 13 heavy (non-hydrogen) atoms. The third kappa shape index (κ3) is 1.83. The van der Waals surface area contributed by atoms with Gasteiger partial charge >= 0.3 is 5.97 Å². The molecule has 0 saturated carbocycles. The van der Waals surface area contributed by atoms with Crippen molar-refractivity contribution in [3.8, 4) is 0 Å². The Morgan fingerprint density at radius 1 is 1.62 bits per heavy atom. The van der Waals surface area contributed by atoms with Crippen LogP contribution in [-0.2, 0) is 4.79 Å². The molecule has 1 atom stereocenters. The molecule has 1 aliphatic rings. The Balaban J connectivity index is 2.84. The number of hydrogen-bond donors (Lipinski definition) is 1. The fourth-order valence-electron chi connectivity index (χ4n) is 1.65. The van der Waals surface area contributed by atoms with Crippen molar-refractivity contribution in [3.63, 3.8) is 0 Å². The quantitative estimate of drug-likeness (QED) is 0.750. The monoisotopic (exact) mass is 203 g/mol. The largest absolute Gasteiger partial charge is 0.480 e. The maximum Gasteiger partial charge on any atom is 0.325 e. The molecule has 1 saturated heterocycles.